The van der Waals surface area contributed by atoms with E-state index in [-0.39, 0.29) is 24.3 Å². The van der Waals surface area contributed by atoms with Crippen LogP contribution in [0.4, 0.5) is 10.1 Å². The largest absolute Gasteiger partial charge is 0.392 e. The summed E-state index contributed by atoms with van der Waals surface area (Å²) in [5.74, 6) is -0.465. The third-order valence-electron chi connectivity index (χ3n) is 3.42. The highest BCUT2D eigenvalue weighted by molar-refractivity contribution is 7.80. The lowest BCUT2D eigenvalue weighted by atomic mass is 10.0. The molecule has 1 unspecified atom stereocenters. The molecule has 1 aliphatic heterocycles. The van der Waals surface area contributed by atoms with E-state index in [9.17, 15) is 9.18 Å². The highest BCUT2D eigenvalue weighted by atomic mass is 32.1. The van der Waals surface area contributed by atoms with Gasteiger partial charge in [0.25, 0.3) is 0 Å². The molecule has 2 rings (SSSR count). The van der Waals surface area contributed by atoms with Gasteiger partial charge in [0.1, 0.15) is 5.82 Å². The fourth-order valence-electron chi connectivity index (χ4n) is 2.42. The second-order valence-electron chi connectivity index (χ2n) is 4.94. The van der Waals surface area contributed by atoms with E-state index in [0.717, 1.165) is 25.8 Å². The average Bonchev–Trinajstić information content (AvgIpc) is 2.41. The molecule has 1 saturated heterocycles. The topological polar surface area (TPSA) is 58.4 Å². The number of benzene rings is 1. The van der Waals surface area contributed by atoms with Gasteiger partial charge in [0.15, 0.2) is 0 Å². The number of likely N-dealkylation sites (tertiary alicyclic amines) is 1. The Morgan fingerprint density at radius 1 is 1.40 bits per heavy atom. The zero-order valence-electron chi connectivity index (χ0n) is 11.1. The molecular formula is C14H18FN3OS. The third-order valence-corrected chi connectivity index (χ3v) is 3.69. The molecule has 3 N–H and O–H groups in total. The number of carbonyl (C=O) groups is 1. The van der Waals surface area contributed by atoms with Crippen molar-refractivity contribution in [3.05, 3.63) is 30.1 Å². The zero-order valence-corrected chi connectivity index (χ0v) is 12.0. The molecule has 20 heavy (non-hydrogen) atoms. The molecule has 4 nitrogen and oxygen atoms in total. The van der Waals surface area contributed by atoms with E-state index >= 15 is 0 Å². The van der Waals surface area contributed by atoms with Crippen LogP contribution in [-0.2, 0) is 4.79 Å². The lowest BCUT2D eigenvalue weighted by molar-refractivity contribution is -0.117. The minimum atomic E-state index is -0.326. The lowest BCUT2D eigenvalue weighted by Crippen LogP contribution is -2.49. The van der Waals surface area contributed by atoms with Crippen molar-refractivity contribution in [1.29, 1.82) is 0 Å². The van der Waals surface area contributed by atoms with Crippen LogP contribution < -0.4 is 11.1 Å². The maximum absolute atomic E-state index is 12.8. The summed E-state index contributed by atoms with van der Waals surface area (Å²) < 4.78 is 12.8. The van der Waals surface area contributed by atoms with Gasteiger partial charge in [-0.2, -0.15) is 0 Å². The number of halogens is 1. The highest BCUT2D eigenvalue weighted by Crippen LogP contribution is 2.17. The molecule has 1 aliphatic rings. The van der Waals surface area contributed by atoms with Crippen LogP contribution in [-0.4, -0.2) is 34.9 Å². The number of nitrogens with one attached hydrogen (secondary N) is 1. The molecule has 0 radical (unpaired) electrons. The van der Waals surface area contributed by atoms with E-state index in [1.807, 2.05) is 4.90 Å². The summed E-state index contributed by atoms with van der Waals surface area (Å²) >= 11 is 5.05. The Morgan fingerprint density at radius 2 is 2.10 bits per heavy atom. The number of hydrogen-bond acceptors (Lipinski definition) is 3. The summed E-state index contributed by atoms with van der Waals surface area (Å²) in [6, 6.07) is 5.70. The van der Waals surface area contributed by atoms with Crippen LogP contribution in [0.3, 0.4) is 0 Å². The van der Waals surface area contributed by atoms with Gasteiger partial charge in [0.05, 0.1) is 17.6 Å². The summed E-state index contributed by atoms with van der Waals surface area (Å²) in [5, 5.41) is 2.74. The van der Waals surface area contributed by atoms with Gasteiger partial charge >= 0.3 is 0 Å². The number of anilines is 1. The molecule has 0 bridgehead atoms. The molecule has 1 amide bonds. The van der Waals surface area contributed by atoms with Crippen molar-refractivity contribution in [2.75, 3.05) is 18.4 Å². The second-order valence-corrected chi connectivity index (χ2v) is 5.41. The Morgan fingerprint density at radius 3 is 2.75 bits per heavy atom. The van der Waals surface area contributed by atoms with Crippen LogP contribution in [0.2, 0.25) is 0 Å². The number of nitrogens with two attached hydrogens (primary N) is 1. The van der Waals surface area contributed by atoms with Crippen molar-refractivity contribution in [2.24, 2.45) is 5.73 Å². The van der Waals surface area contributed by atoms with E-state index in [1.165, 1.54) is 24.3 Å². The number of carbonyl (C=O) groups excluding carboxylic acids is 1. The quantitative estimate of drug-likeness (QED) is 0.833. The Balaban J connectivity index is 1.92. The van der Waals surface area contributed by atoms with Crippen LogP contribution in [0.15, 0.2) is 24.3 Å². The lowest BCUT2D eigenvalue weighted by Gasteiger charge is -2.34. The smallest absolute Gasteiger partial charge is 0.238 e. The molecule has 0 saturated carbocycles. The summed E-state index contributed by atoms with van der Waals surface area (Å²) in [4.78, 5) is 14.5. The Bertz CT molecular complexity index is 492. The van der Waals surface area contributed by atoms with Gasteiger partial charge in [0, 0.05) is 5.69 Å². The van der Waals surface area contributed by atoms with E-state index in [4.69, 9.17) is 18.0 Å². The zero-order chi connectivity index (χ0) is 14.5. The van der Waals surface area contributed by atoms with Gasteiger partial charge in [-0.3, -0.25) is 9.69 Å². The van der Waals surface area contributed by atoms with Gasteiger partial charge in [-0.05, 0) is 43.7 Å². The first-order valence-corrected chi connectivity index (χ1v) is 7.06. The number of rotatable bonds is 4. The third kappa shape index (κ3) is 3.98. The molecule has 6 heteroatoms. The van der Waals surface area contributed by atoms with E-state index in [2.05, 4.69) is 5.32 Å². The number of hydrogen-bond donors (Lipinski definition) is 2. The Hall–Kier alpha value is -1.53. The maximum Gasteiger partial charge on any atom is 0.238 e. The summed E-state index contributed by atoms with van der Waals surface area (Å²) in [6.45, 7) is 1.07. The molecular weight excluding hydrogens is 277 g/mol. The summed E-state index contributed by atoms with van der Waals surface area (Å²) in [5.41, 5.74) is 6.30. The second kappa shape index (κ2) is 6.76. The number of nitrogens with zero attached hydrogens (tertiary/aromatic N) is 1. The normalized spacial score (nSPS) is 19.6. The van der Waals surface area contributed by atoms with Crippen LogP contribution >= 0.6 is 12.2 Å². The molecule has 1 aromatic rings. The molecule has 0 spiro atoms. The number of thiocarbonyl (C=S) groups is 1. The first-order chi connectivity index (χ1) is 9.56. The molecule has 1 aromatic carbocycles. The van der Waals surface area contributed by atoms with Crippen molar-refractivity contribution < 1.29 is 9.18 Å². The predicted octanol–water partition coefficient (Wildman–Crippen LogP) is 1.90. The van der Waals surface area contributed by atoms with Gasteiger partial charge in [-0.15, -0.1) is 0 Å². The fourth-order valence-corrected chi connectivity index (χ4v) is 2.69. The van der Waals surface area contributed by atoms with E-state index in [0.29, 0.717) is 10.7 Å². The molecule has 0 aromatic heterocycles. The summed E-state index contributed by atoms with van der Waals surface area (Å²) in [7, 11) is 0. The van der Waals surface area contributed by atoms with E-state index in [1.54, 1.807) is 0 Å². The maximum atomic E-state index is 12.8. The minimum absolute atomic E-state index is 0.00211. The molecule has 1 heterocycles. The van der Waals surface area contributed by atoms with Crippen molar-refractivity contribution in [1.82, 2.24) is 4.90 Å². The van der Waals surface area contributed by atoms with Gasteiger partial charge in [-0.25, -0.2) is 4.39 Å². The molecule has 108 valence electrons. The molecule has 0 aliphatic carbocycles. The van der Waals surface area contributed by atoms with Crippen LogP contribution in [0.5, 0.6) is 0 Å². The average molecular weight is 295 g/mol. The number of piperidine rings is 1. The first kappa shape index (κ1) is 14.9. The Labute approximate surface area is 123 Å². The van der Waals surface area contributed by atoms with Crippen LogP contribution in [0.25, 0.3) is 0 Å². The van der Waals surface area contributed by atoms with Gasteiger partial charge < -0.3 is 11.1 Å². The minimum Gasteiger partial charge on any atom is -0.392 e. The van der Waals surface area contributed by atoms with Crippen molar-refractivity contribution in [3.63, 3.8) is 0 Å². The standard InChI is InChI=1S/C14H18FN3OS/c15-10-4-6-11(7-5-10)17-13(19)9-18-8-2-1-3-12(18)14(16)20/h4-7,12H,1-3,8-9H2,(H2,16,20)(H,17,19). The number of amides is 1. The van der Waals surface area contributed by atoms with Crippen molar-refractivity contribution in [3.8, 4) is 0 Å². The van der Waals surface area contributed by atoms with E-state index < -0.39 is 0 Å². The first-order valence-electron chi connectivity index (χ1n) is 6.65. The molecule has 1 fully saturated rings. The fraction of sp³-hybridized carbons (Fsp3) is 0.429. The van der Waals surface area contributed by atoms with Gasteiger partial charge in [0.2, 0.25) is 5.91 Å². The monoisotopic (exact) mass is 295 g/mol. The van der Waals surface area contributed by atoms with Gasteiger partial charge in [-0.1, -0.05) is 18.6 Å². The predicted molar refractivity (Wildman–Crippen MR) is 81.0 cm³/mol. The summed E-state index contributed by atoms with van der Waals surface area (Å²) in [6.07, 6.45) is 3.03. The SMILES string of the molecule is NC(=S)C1CCCCN1CC(=O)Nc1ccc(F)cc1. The van der Waals surface area contributed by atoms with Crippen molar-refractivity contribution in [2.45, 2.75) is 25.3 Å². The molecule has 1 atom stereocenters. The van der Waals surface area contributed by atoms with Crippen LogP contribution in [0, 0.1) is 5.82 Å². The highest BCUT2D eigenvalue weighted by Gasteiger charge is 2.26. The van der Waals surface area contributed by atoms with Crippen LogP contribution in [0.1, 0.15) is 19.3 Å². The Kier molecular flexibility index (Phi) is 5.03. The van der Waals surface area contributed by atoms with Crippen molar-refractivity contribution >= 4 is 28.8 Å².